The van der Waals surface area contributed by atoms with Crippen molar-refractivity contribution in [2.45, 2.75) is 19.4 Å². The van der Waals surface area contributed by atoms with Crippen LogP contribution in [0.2, 0.25) is 5.02 Å². The second kappa shape index (κ2) is 7.43. The van der Waals surface area contributed by atoms with Crippen LogP contribution in [0.3, 0.4) is 0 Å². The molecule has 17 heavy (non-hydrogen) atoms. The van der Waals surface area contributed by atoms with Crippen molar-refractivity contribution in [2.24, 2.45) is 5.73 Å². The van der Waals surface area contributed by atoms with Crippen LogP contribution in [0.5, 0.6) is 0 Å². The van der Waals surface area contributed by atoms with E-state index in [1.807, 2.05) is 13.0 Å². The molecule has 0 radical (unpaired) electrons. The quantitative estimate of drug-likeness (QED) is 0.607. The summed E-state index contributed by atoms with van der Waals surface area (Å²) in [5.41, 5.74) is 6.18. The Hall–Kier alpha value is -0.900. The summed E-state index contributed by atoms with van der Waals surface area (Å²) in [5.74, 6) is -0.386. The zero-order valence-corrected chi connectivity index (χ0v) is 10.7. The SMILES string of the molecule is C/C=C/CCNC(CN)c1cccc(Cl)c1F. The average molecular weight is 257 g/mol. The Balaban J connectivity index is 2.69. The molecule has 3 N–H and O–H groups in total. The highest BCUT2D eigenvalue weighted by Crippen LogP contribution is 2.22. The molecule has 0 heterocycles. The zero-order chi connectivity index (χ0) is 12.7. The fourth-order valence-corrected chi connectivity index (χ4v) is 1.80. The lowest BCUT2D eigenvalue weighted by atomic mass is 10.1. The van der Waals surface area contributed by atoms with E-state index in [2.05, 4.69) is 11.4 Å². The predicted molar refractivity (Wildman–Crippen MR) is 70.6 cm³/mol. The first kappa shape index (κ1) is 14.2. The Labute approximate surface area is 107 Å². The molecule has 0 bridgehead atoms. The van der Waals surface area contributed by atoms with E-state index in [9.17, 15) is 4.39 Å². The summed E-state index contributed by atoms with van der Waals surface area (Å²) >= 11 is 5.74. The van der Waals surface area contributed by atoms with Crippen LogP contribution in [0.4, 0.5) is 4.39 Å². The Morgan fingerprint density at radius 2 is 2.29 bits per heavy atom. The van der Waals surface area contributed by atoms with E-state index in [1.54, 1.807) is 12.1 Å². The number of allylic oxidation sites excluding steroid dienone is 1. The van der Waals surface area contributed by atoms with Crippen molar-refractivity contribution in [2.75, 3.05) is 13.1 Å². The summed E-state index contributed by atoms with van der Waals surface area (Å²) in [6, 6.07) is 4.78. The predicted octanol–water partition coefficient (Wildman–Crippen LogP) is 3.03. The molecule has 1 atom stereocenters. The highest BCUT2D eigenvalue weighted by molar-refractivity contribution is 6.30. The van der Waals surface area contributed by atoms with Crippen molar-refractivity contribution in [1.82, 2.24) is 5.32 Å². The summed E-state index contributed by atoms with van der Waals surface area (Å²) in [4.78, 5) is 0. The standard InChI is InChI=1S/C13H18ClFN2/c1-2-3-4-8-17-12(9-16)10-6-5-7-11(14)13(10)15/h2-3,5-7,12,17H,4,8-9,16H2,1H3/b3-2+. The van der Waals surface area contributed by atoms with E-state index < -0.39 is 0 Å². The number of nitrogens with one attached hydrogen (secondary N) is 1. The number of rotatable bonds is 6. The minimum atomic E-state index is -0.386. The van der Waals surface area contributed by atoms with Crippen LogP contribution in [-0.4, -0.2) is 13.1 Å². The van der Waals surface area contributed by atoms with Crippen molar-refractivity contribution in [3.63, 3.8) is 0 Å². The van der Waals surface area contributed by atoms with Gasteiger partial charge in [-0.1, -0.05) is 35.9 Å². The van der Waals surface area contributed by atoms with Crippen LogP contribution in [0.25, 0.3) is 0 Å². The molecule has 1 aromatic rings. The van der Waals surface area contributed by atoms with E-state index in [0.717, 1.165) is 13.0 Å². The Kier molecular flexibility index (Phi) is 6.19. The molecule has 0 amide bonds. The molecule has 1 rings (SSSR count). The lowest BCUT2D eigenvalue weighted by Gasteiger charge is -2.17. The number of hydrogen-bond acceptors (Lipinski definition) is 2. The maximum atomic E-state index is 13.8. The fraction of sp³-hybridized carbons (Fsp3) is 0.385. The lowest BCUT2D eigenvalue weighted by Crippen LogP contribution is -2.29. The van der Waals surface area contributed by atoms with Crippen LogP contribution in [0.1, 0.15) is 24.9 Å². The van der Waals surface area contributed by atoms with E-state index >= 15 is 0 Å². The van der Waals surface area contributed by atoms with Crippen LogP contribution in [0, 0.1) is 5.82 Å². The van der Waals surface area contributed by atoms with Gasteiger partial charge in [-0.2, -0.15) is 0 Å². The Bertz CT molecular complexity index is 380. The molecule has 0 fully saturated rings. The van der Waals surface area contributed by atoms with Crippen molar-refractivity contribution in [1.29, 1.82) is 0 Å². The average Bonchev–Trinajstić information content (AvgIpc) is 2.34. The normalized spacial score (nSPS) is 13.2. The molecule has 0 spiro atoms. The summed E-state index contributed by atoms with van der Waals surface area (Å²) < 4.78 is 13.8. The monoisotopic (exact) mass is 256 g/mol. The van der Waals surface area contributed by atoms with Crippen molar-refractivity contribution < 1.29 is 4.39 Å². The Morgan fingerprint density at radius 1 is 1.53 bits per heavy atom. The van der Waals surface area contributed by atoms with Gasteiger partial charge in [-0.3, -0.25) is 0 Å². The highest BCUT2D eigenvalue weighted by atomic mass is 35.5. The van der Waals surface area contributed by atoms with Gasteiger partial charge in [0.05, 0.1) is 5.02 Å². The maximum Gasteiger partial charge on any atom is 0.146 e. The van der Waals surface area contributed by atoms with Crippen LogP contribution >= 0.6 is 11.6 Å². The van der Waals surface area contributed by atoms with Gasteiger partial charge >= 0.3 is 0 Å². The van der Waals surface area contributed by atoms with E-state index in [4.69, 9.17) is 17.3 Å². The molecular formula is C13H18ClFN2. The largest absolute Gasteiger partial charge is 0.329 e. The molecule has 0 aromatic heterocycles. The molecule has 0 aliphatic carbocycles. The molecule has 1 unspecified atom stereocenters. The molecular weight excluding hydrogens is 239 g/mol. The number of hydrogen-bond donors (Lipinski definition) is 2. The topological polar surface area (TPSA) is 38.0 Å². The molecule has 4 heteroatoms. The molecule has 94 valence electrons. The highest BCUT2D eigenvalue weighted by Gasteiger charge is 2.15. The van der Waals surface area contributed by atoms with Gasteiger partial charge in [0.2, 0.25) is 0 Å². The summed E-state index contributed by atoms with van der Waals surface area (Å²) in [7, 11) is 0. The molecule has 0 saturated carbocycles. The third-order valence-electron chi connectivity index (χ3n) is 2.53. The molecule has 0 aliphatic heterocycles. The van der Waals surface area contributed by atoms with Crippen LogP contribution in [0.15, 0.2) is 30.4 Å². The number of benzene rings is 1. The summed E-state index contributed by atoms with van der Waals surface area (Å²) in [6.45, 7) is 3.07. The lowest BCUT2D eigenvalue weighted by molar-refractivity contribution is 0.511. The summed E-state index contributed by atoms with van der Waals surface area (Å²) in [6.07, 6.45) is 4.93. The van der Waals surface area contributed by atoms with Gasteiger partial charge in [0.1, 0.15) is 5.82 Å². The van der Waals surface area contributed by atoms with Gasteiger partial charge < -0.3 is 11.1 Å². The van der Waals surface area contributed by atoms with Crippen molar-refractivity contribution in [3.05, 3.63) is 46.8 Å². The first-order chi connectivity index (χ1) is 8.20. The minimum absolute atomic E-state index is 0.135. The van der Waals surface area contributed by atoms with Gasteiger partial charge in [0.15, 0.2) is 0 Å². The van der Waals surface area contributed by atoms with E-state index in [0.29, 0.717) is 12.1 Å². The maximum absolute atomic E-state index is 13.8. The zero-order valence-electron chi connectivity index (χ0n) is 9.92. The van der Waals surface area contributed by atoms with Gasteiger partial charge in [-0.15, -0.1) is 0 Å². The smallest absolute Gasteiger partial charge is 0.146 e. The first-order valence-electron chi connectivity index (χ1n) is 5.69. The van der Waals surface area contributed by atoms with E-state index in [1.165, 1.54) is 6.07 Å². The van der Waals surface area contributed by atoms with Crippen LogP contribution < -0.4 is 11.1 Å². The summed E-state index contributed by atoms with van der Waals surface area (Å²) in [5, 5.41) is 3.35. The number of nitrogens with two attached hydrogens (primary N) is 1. The second-order valence-corrected chi connectivity index (χ2v) is 4.15. The minimum Gasteiger partial charge on any atom is -0.329 e. The van der Waals surface area contributed by atoms with Gasteiger partial charge in [-0.25, -0.2) is 4.39 Å². The molecule has 0 aliphatic rings. The number of halogens is 2. The third-order valence-corrected chi connectivity index (χ3v) is 2.82. The van der Waals surface area contributed by atoms with Gasteiger partial charge in [0, 0.05) is 18.2 Å². The molecule has 1 aromatic carbocycles. The van der Waals surface area contributed by atoms with Gasteiger partial charge in [-0.05, 0) is 26.0 Å². The van der Waals surface area contributed by atoms with Crippen molar-refractivity contribution >= 4 is 11.6 Å². The third kappa shape index (κ3) is 4.11. The molecule has 0 saturated heterocycles. The second-order valence-electron chi connectivity index (χ2n) is 3.74. The van der Waals surface area contributed by atoms with Crippen LogP contribution in [-0.2, 0) is 0 Å². The van der Waals surface area contributed by atoms with E-state index in [-0.39, 0.29) is 16.9 Å². The molecule has 2 nitrogen and oxygen atoms in total. The fourth-order valence-electron chi connectivity index (χ4n) is 1.62. The van der Waals surface area contributed by atoms with Crippen molar-refractivity contribution in [3.8, 4) is 0 Å². The van der Waals surface area contributed by atoms with Gasteiger partial charge in [0.25, 0.3) is 0 Å². The first-order valence-corrected chi connectivity index (χ1v) is 6.07. The Morgan fingerprint density at radius 3 is 2.94 bits per heavy atom.